The van der Waals surface area contributed by atoms with Crippen molar-refractivity contribution >= 4 is 107 Å². The fraction of sp³-hybridized carbons (Fsp3) is 0.0791. The van der Waals surface area contributed by atoms with Crippen LogP contribution in [0.2, 0.25) is 0 Å². The molecule has 692 valence electrons. The van der Waals surface area contributed by atoms with Crippen LogP contribution in [0.1, 0.15) is 94.5 Å². The minimum atomic E-state index is -0.454. The normalized spacial score (nSPS) is 13.6. The Morgan fingerprint density at radius 1 is 0.138 bits per heavy atom. The van der Waals surface area contributed by atoms with Gasteiger partial charge in [-0.05, 0) is 314 Å². The van der Waals surface area contributed by atoms with Crippen LogP contribution in [0.5, 0.6) is 0 Å². The van der Waals surface area contributed by atoms with E-state index in [-0.39, 0.29) is 10.8 Å². The third kappa shape index (κ3) is 13.9. The summed E-state index contributed by atoms with van der Waals surface area (Å²) in [4.78, 5) is 14.0. The van der Waals surface area contributed by atoms with Crippen LogP contribution in [-0.4, -0.2) is 21.1 Å². The van der Waals surface area contributed by atoms with Gasteiger partial charge in [0.15, 0.2) is 0 Å². The maximum atomic E-state index is 2.51. The molecule has 6 heteroatoms. The molecule has 6 aliphatic carbocycles. The van der Waals surface area contributed by atoms with Gasteiger partial charge >= 0.3 is 0 Å². The van der Waals surface area contributed by atoms with E-state index in [2.05, 4.69) is 588 Å². The van der Waals surface area contributed by atoms with E-state index >= 15 is 0 Å². The highest BCUT2D eigenvalue weighted by Crippen LogP contribution is 2.67. The van der Waals surface area contributed by atoms with Crippen molar-refractivity contribution in [3.8, 4) is 66.8 Å². The highest BCUT2D eigenvalue weighted by atomic mass is 15.2. The third-order valence-electron chi connectivity index (χ3n) is 32.1. The van der Waals surface area contributed by atoms with Gasteiger partial charge in [-0.25, -0.2) is 0 Å². The zero-order chi connectivity index (χ0) is 97.4. The van der Waals surface area contributed by atoms with Gasteiger partial charge < -0.3 is 29.4 Å². The maximum Gasteiger partial charge on any atom is 0.0726 e. The molecule has 2 spiro atoms. The van der Waals surface area contributed by atoms with Crippen LogP contribution in [0, 0.1) is 0 Å². The van der Waals surface area contributed by atoms with Crippen molar-refractivity contribution in [2.24, 2.45) is 0 Å². The van der Waals surface area contributed by atoms with Gasteiger partial charge in [0.2, 0.25) is 0 Å². The van der Waals surface area contributed by atoms with E-state index in [1.54, 1.807) is 0 Å². The topological polar surface area (TPSA) is 19.4 Å². The first-order valence-electron chi connectivity index (χ1n) is 50.6. The fourth-order valence-electron chi connectivity index (χ4n) is 25.1. The molecule has 0 atom stereocenters. The smallest absolute Gasteiger partial charge is 0.0726 e. The molecule has 22 aromatic rings. The highest BCUT2D eigenvalue weighted by Gasteiger charge is 2.54. The minimum Gasteiger partial charge on any atom is -0.345 e. The first kappa shape index (κ1) is 87.4. The van der Waals surface area contributed by atoms with Crippen molar-refractivity contribution in [1.29, 1.82) is 0 Å². The number of nitrogens with zero attached hydrogens (tertiary/aromatic N) is 6. The number of rotatable bonds is 15. The van der Waals surface area contributed by atoms with Gasteiger partial charge in [-0.2, -0.15) is 0 Å². The average Bonchev–Trinajstić information content (AvgIpc) is 1.51. The van der Waals surface area contributed by atoms with Crippen molar-refractivity contribution in [1.82, 2.24) is 0 Å². The Balaban J connectivity index is 0.000000117. The molecule has 0 radical (unpaired) electrons. The van der Waals surface area contributed by atoms with Gasteiger partial charge in [0, 0.05) is 117 Å². The van der Waals surface area contributed by atoms with E-state index in [1.165, 1.54) is 189 Å². The summed E-state index contributed by atoms with van der Waals surface area (Å²) in [6, 6.07) is 190. The monoisotopic (exact) mass is 1860 g/mol. The molecular formula is C139H106N6. The van der Waals surface area contributed by atoms with Crippen LogP contribution >= 0.6 is 0 Å². The molecule has 6 aliphatic rings. The summed E-state index contributed by atoms with van der Waals surface area (Å²) < 4.78 is 0. The number of anilines is 15. The molecule has 0 aromatic heterocycles. The van der Waals surface area contributed by atoms with Crippen LogP contribution in [0.4, 0.5) is 85.3 Å². The standard InChI is InChI=1S/C63H42N2.C43H38N2.C33H26N2/c1-64(41-17-3-2-4-18-41)42-31-33-43(34-32-42)65(44-35-37-52-50-23-9-15-29-58(50)62(60(52)39-44)54-25-11-5-19-46(54)47-20-6-12-26-55(47)62)45-36-38-53-51-24-10-16-30-59(51)63(61(53)40-45)56-27-13-7-21-48(56)49-22-8-14-28-57(49)63;1-42(2)38-17-11-9-15-34(38)36-25-23-32(27-40(36)42)45(31-21-19-30(20-22-31)44(5)29-13-7-6-8-14-29)33-24-26-37-35-16-10-12-18-39(35)43(3,4)41(37)28-33;1-34(27-15-3-2-4-16-27)28-21-23-29(24-22-28)35(32-19-9-13-25-11-5-7-17-30(25)32)33-20-10-14-26-12-6-8-18-31(26)33/h2-40H,1H3;6-28H,1-5H3;2-24H,1H3. The van der Waals surface area contributed by atoms with E-state index in [1.807, 2.05) is 6.07 Å². The average molecular weight is 1860 g/mol. The Labute approximate surface area is 849 Å². The maximum absolute atomic E-state index is 2.51. The molecule has 28 rings (SSSR count). The summed E-state index contributed by atoms with van der Waals surface area (Å²) in [5, 5.41) is 4.92. The second-order valence-corrected chi connectivity index (χ2v) is 40.3. The molecule has 0 aliphatic heterocycles. The zero-order valence-corrected chi connectivity index (χ0v) is 82.3. The van der Waals surface area contributed by atoms with Crippen molar-refractivity contribution < 1.29 is 0 Å². The summed E-state index contributed by atoms with van der Waals surface area (Å²) in [5.41, 5.74) is 48.2. The predicted octanol–water partition coefficient (Wildman–Crippen LogP) is 36.4. The summed E-state index contributed by atoms with van der Waals surface area (Å²) in [6.45, 7) is 9.43. The number of hydrogen-bond donors (Lipinski definition) is 0. The Bertz CT molecular complexity index is 8310. The van der Waals surface area contributed by atoms with Crippen LogP contribution in [-0.2, 0) is 21.7 Å². The summed E-state index contributed by atoms with van der Waals surface area (Å²) >= 11 is 0. The molecule has 0 saturated heterocycles. The lowest BCUT2D eigenvalue weighted by molar-refractivity contribution is 0.660. The SMILES string of the molecule is CN(c1ccccc1)c1ccc(N(c2ccc3c(c2)C(C)(C)c2ccccc2-3)c2ccc3c(c2)C(C)(C)c2ccccc2-3)cc1.CN(c1ccccc1)c1ccc(N(c2ccc3c(c2)C2(c4ccccc4-c4ccccc42)c2ccccc2-3)c2ccc3c(c2)C2(c4ccccc4-c4ccccc42)c2ccccc2-3)cc1.CN(c1ccccc1)c1ccc(N(c2cccc3ccccc23)c2cccc3ccccc23)cc1. The summed E-state index contributed by atoms with van der Waals surface area (Å²) in [6.07, 6.45) is 0. The van der Waals surface area contributed by atoms with Gasteiger partial charge in [-0.15, -0.1) is 0 Å². The van der Waals surface area contributed by atoms with E-state index in [0.717, 1.165) is 51.2 Å². The van der Waals surface area contributed by atoms with Crippen LogP contribution in [0.25, 0.3) is 88.3 Å². The lowest BCUT2D eigenvalue weighted by Gasteiger charge is -2.33. The first-order chi connectivity index (χ1) is 71.2. The van der Waals surface area contributed by atoms with Gasteiger partial charge in [0.05, 0.1) is 22.2 Å². The van der Waals surface area contributed by atoms with Crippen LogP contribution in [0.3, 0.4) is 0 Å². The largest absolute Gasteiger partial charge is 0.345 e. The van der Waals surface area contributed by atoms with Gasteiger partial charge in [0.25, 0.3) is 0 Å². The van der Waals surface area contributed by atoms with Gasteiger partial charge in [-0.1, -0.05) is 373 Å². The van der Waals surface area contributed by atoms with E-state index in [9.17, 15) is 0 Å². The molecule has 0 unspecified atom stereocenters. The zero-order valence-electron chi connectivity index (χ0n) is 82.3. The van der Waals surface area contributed by atoms with E-state index in [0.29, 0.717) is 0 Å². The Morgan fingerprint density at radius 2 is 0.331 bits per heavy atom. The Hall–Kier alpha value is -17.8. The van der Waals surface area contributed by atoms with Crippen molar-refractivity contribution in [2.45, 2.75) is 49.4 Å². The first-order valence-corrected chi connectivity index (χ1v) is 50.6. The molecular weight excluding hydrogens is 1750 g/mol. The third-order valence-corrected chi connectivity index (χ3v) is 32.1. The number of hydrogen-bond acceptors (Lipinski definition) is 6. The van der Waals surface area contributed by atoms with Gasteiger partial charge in [-0.3, -0.25) is 0 Å². The molecule has 0 saturated carbocycles. The molecule has 0 fully saturated rings. The van der Waals surface area contributed by atoms with Crippen LogP contribution in [0.15, 0.2) is 516 Å². The molecule has 0 amide bonds. The molecule has 0 heterocycles. The summed E-state index contributed by atoms with van der Waals surface area (Å²) in [5.74, 6) is 0. The highest BCUT2D eigenvalue weighted by molar-refractivity contribution is 6.06. The molecule has 6 nitrogen and oxygen atoms in total. The number of para-hydroxylation sites is 3. The lowest BCUT2D eigenvalue weighted by atomic mass is 9.70. The van der Waals surface area contributed by atoms with Crippen molar-refractivity contribution in [3.63, 3.8) is 0 Å². The second kappa shape index (κ2) is 34.8. The summed E-state index contributed by atoms with van der Waals surface area (Å²) in [7, 11) is 6.38. The quantitative estimate of drug-likeness (QED) is 0.101. The minimum absolute atomic E-state index is 0.0720. The fourth-order valence-corrected chi connectivity index (χ4v) is 25.1. The number of benzene rings is 22. The molecule has 0 N–H and O–H groups in total. The molecule has 0 bridgehead atoms. The Kier molecular flexibility index (Phi) is 21.0. The van der Waals surface area contributed by atoms with Crippen LogP contribution < -0.4 is 29.4 Å². The van der Waals surface area contributed by atoms with E-state index in [4.69, 9.17) is 0 Å². The second-order valence-electron chi connectivity index (χ2n) is 40.3. The van der Waals surface area contributed by atoms with E-state index < -0.39 is 10.8 Å². The van der Waals surface area contributed by atoms with Crippen molar-refractivity contribution in [2.75, 3.05) is 50.5 Å². The Morgan fingerprint density at radius 3 is 0.621 bits per heavy atom. The number of fused-ring (bicyclic) bond motifs is 28. The van der Waals surface area contributed by atoms with Gasteiger partial charge in [0.1, 0.15) is 0 Å². The van der Waals surface area contributed by atoms with Crippen molar-refractivity contribution in [3.05, 3.63) is 582 Å². The molecule has 22 aromatic carbocycles. The molecule has 145 heavy (non-hydrogen) atoms. The lowest BCUT2D eigenvalue weighted by Crippen LogP contribution is -2.26. The predicted molar refractivity (Wildman–Crippen MR) is 610 cm³/mol.